The summed E-state index contributed by atoms with van der Waals surface area (Å²) < 4.78 is 4.93. The summed E-state index contributed by atoms with van der Waals surface area (Å²) in [7, 11) is 1.64. The highest BCUT2D eigenvalue weighted by molar-refractivity contribution is 7.25. The lowest BCUT2D eigenvalue weighted by Gasteiger charge is -1.99. The van der Waals surface area contributed by atoms with Crippen molar-refractivity contribution in [3.8, 4) is 9.75 Å². The van der Waals surface area contributed by atoms with E-state index in [0.29, 0.717) is 13.2 Å². The number of nitro groups is 1. The van der Waals surface area contributed by atoms with Crippen LogP contribution in [0.4, 0.5) is 10.1 Å². The van der Waals surface area contributed by atoms with Gasteiger partial charge in [-0.25, -0.2) is 4.98 Å². The Hall–Kier alpha value is -1.51. The number of methoxy groups -OCH3 is 1. The third-order valence-electron chi connectivity index (χ3n) is 2.10. The summed E-state index contributed by atoms with van der Waals surface area (Å²) in [6, 6.07) is 3.26. The molecule has 0 unspecified atom stereocenters. The van der Waals surface area contributed by atoms with Crippen molar-refractivity contribution >= 4 is 32.8 Å². The van der Waals surface area contributed by atoms with Gasteiger partial charge in [-0.05, 0) is 6.07 Å². The molecule has 2 rings (SSSR count). The van der Waals surface area contributed by atoms with E-state index in [1.165, 1.54) is 17.4 Å². The predicted molar refractivity (Wildman–Crippen MR) is 72.4 cm³/mol. The molecule has 0 amide bonds. The van der Waals surface area contributed by atoms with Crippen LogP contribution in [0, 0.1) is 10.1 Å². The van der Waals surface area contributed by atoms with Crippen molar-refractivity contribution in [1.82, 2.24) is 4.98 Å². The van der Waals surface area contributed by atoms with Crippen LogP contribution >= 0.6 is 22.7 Å². The summed E-state index contributed by atoms with van der Waals surface area (Å²) in [4.78, 5) is 16.2. The maximum Gasteiger partial charge on any atom is 0.324 e. The molecule has 96 valence electrons. The molecule has 0 aliphatic rings. The molecule has 2 aromatic heterocycles. The van der Waals surface area contributed by atoms with Gasteiger partial charge in [0.15, 0.2) is 5.13 Å². The maximum absolute atomic E-state index is 10.6. The fourth-order valence-electron chi connectivity index (χ4n) is 1.29. The van der Waals surface area contributed by atoms with Crippen molar-refractivity contribution in [3.63, 3.8) is 0 Å². The SMILES string of the molecule is COCCNc1ncc(-c2ccc([N+](=O)[O-])s2)s1. The van der Waals surface area contributed by atoms with E-state index in [1.807, 2.05) is 0 Å². The molecule has 6 nitrogen and oxygen atoms in total. The van der Waals surface area contributed by atoms with Gasteiger partial charge in [0.25, 0.3) is 0 Å². The number of thiazole rings is 1. The van der Waals surface area contributed by atoms with Crippen LogP contribution in [0.25, 0.3) is 9.75 Å². The van der Waals surface area contributed by atoms with E-state index in [9.17, 15) is 10.1 Å². The smallest absolute Gasteiger partial charge is 0.324 e. The molecular formula is C10H11N3O3S2. The van der Waals surface area contributed by atoms with Crippen LogP contribution in [0.5, 0.6) is 0 Å². The van der Waals surface area contributed by atoms with Gasteiger partial charge < -0.3 is 10.1 Å². The van der Waals surface area contributed by atoms with Crippen LogP contribution in [0.2, 0.25) is 0 Å². The number of ether oxygens (including phenoxy) is 1. The van der Waals surface area contributed by atoms with Crippen molar-refractivity contribution in [2.24, 2.45) is 0 Å². The molecule has 0 aromatic carbocycles. The van der Waals surface area contributed by atoms with Crippen molar-refractivity contribution in [3.05, 3.63) is 28.4 Å². The number of nitrogens with one attached hydrogen (secondary N) is 1. The summed E-state index contributed by atoms with van der Waals surface area (Å²) in [5, 5.41) is 14.7. The first kappa shape index (κ1) is 12.9. The first-order valence-corrected chi connectivity index (χ1v) is 6.77. The monoisotopic (exact) mass is 285 g/mol. The molecule has 0 bridgehead atoms. The second-order valence-electron chi connectivity index (χ2n) is 3.34. The van der Waals surface area contributed by atoms with Gasteiger partial charge in [-0.3, -0.25) is 10.1 Å². The van der Waals surface area contributed by atoms with Crippen LogP contribution in [0.15, 0.2) is 18.3 Å². The first-order valence-electron chi connectivity index (χ1n) is 5.14. The highest BCUT2D eigenvalue weighted by atomic mass is 32.1. The average molecular weight is 285 g/mol. The molecule has 0 aliphatic heterocycles. The average Bonchev–Trinajstić information content (AvgIpc) is 2.97. The van der Waals surface area contributed by atoms with Crippen LogP contribution < -0.4 is 5.32 Å². The molecule has 8 heteroatoms. The molecule has 2 heterocycles. The molecule has 0 atom stereocenters. The zero-order valence-corrected chi connectivity index (χ0v) is 11.2. The van der Waals surface area contributed by atoms with Crippen molar-refractivity contribution in [1.29, 1.82) is 0 Å². The van der Waals surface area contributed by atoms with Crippen molar-refractivity contribution in [2.75, 3.05) is 25.6 Å². The number of hydrogen-bond donors (Lipinski definition) is 1. The molecule has 0 radical (unpaired) electrons. The lowest BCUT2D eigenvalue weighted by molar-refractivity contribution is -0.380. The second kappa shape index (κ2) is 5.89. The van der Waals surface area contributed by atoms with Crippen LogP contribution in [0.1, 0.15) is 0 Å². The van der Waals surface area contributed by atoms with E-state index < -0.39 is 0 Å². The molecule has 1 N–H and O–H groups in total. The fraction of sp³-hybridized carbons (Fsp3) is 0.300. The number of hydrogen-bond acceptors (Lipinski definition) is 7. The Bertz CT molecular complexity index is 538. The van der Waals surface area contributed by atoms with Gasteiger partial charge >= 0.3 is 5.00 Å². The molecule has 18 heavy (non-hydrogen) atoms. The molecule has 0 fully saturated rings. The molecule has 0 aliphatic carbocycles. The topological polar surface area (TPSA) is 77.3 Å². The standard InChI is InChI=1S/C10H11N3O3S2/c1-16-5-4-11-10-12-6-8(18-10)7-2-3-9(17-7)13(14)15/h2-3,6H,4-5H2,1H3,(H,11,12). The minimum absolute atomic E-state index is 0.146. The number of anilines is 1. The Morgan fingerprint density at radius 1 is 1.44 bits per heavy atom. The zero-order valence-electron chi connectivity index (χ0n) is 9.58. The van der Waals surface area contributed by atoms with Gasteiger partial charge in [-0.15, -0.1) is 0 Å². The summed E-state index contributed by atoms with van der Waals surface area (Å²) in [5.74, 6) is 0. The number of nitrogens with zero attached hydrogens (tertiary/aromatic N) is 2. The predicted octanol–water partition coefficient (Wildman–Crippen LogP) is 2.84. The van der Waals surface area contributed by atoms with Gasteiger partial charge in [0.05, 0.1) is 21.3 Å². The number of aromatic nitrogens is 1. The lowest BCUT2D eigenvalue weighted by atomic mass is 10.4. The van der Waals surface area contributed by atoms with Crippen molar-refractivity contribution in [2.45, 2.75) is 0 Å². The van der Waals surface area contributed by atoms with Crippen LogP contribution in [-0.2, 0) is 4.74 Å². The molecule has 0 spiro atoms. The van der Waals surface area contributed by atoms with Gasteiger partial charge in [-0.2, -0.15) is 0 Å². The van der Waals surface area contributed by atoms with Gasteiger partial charge in [-0.1, -0.05) is 22.7 Å². The Labute approximate surface area is 111 Å². The van der Waals surface area contributed by atoms with Gasteiger partial charge in [0, 0.05) is 25.9 Å². The number of rotatable bonds is 6. The Morgan fingerprint density at radius 2 is 2.28 bits per heavy atom. The normalized spacial score (nSPS) is 10.5. The van der Waals surface area contributed by atoms with Crippen LogP contribution in [0.3, 0.4) is 0 Å². The summed E-state index contributed by atoms with van der Waals surface area (Å²) in [6.45, 7) is 1.30. The van der Waals surface area contributed by atoms with E-state index in [4.69, 9.17) is 4.74 Å². The van der Waals surface area contributed by atoms with E-state index in [0.717, 1.165) is 26.2 Å². The maximum atomic E-state index is 10.6. The summed E-state index contributed by atoms with van der Waals surface area (Å²) in [5.41, 5.74) is 0. The summed E-state index contributed by atoms with van der Waals surface area (Å²) >= 11 is 2.63. The van der Waals surface area contributed by atoms with E-state index in [2.05, 4.69) is 10.3 Å². The van der Waals surface area contributed by atoms with E-state index >= 15 is 0 Å². The number of thiophene rings is 1. The van der Waals surface area contributed by atoms with Crippen LogP contribution in [-0.4, -0.2) is 30.2 Å². The zero-order chi connectivity index (χ0) is 13.0. The Balaban J connectivity index is 2.06. The Morgan fingerprint density at radius 3 is 2.94 bits per heavy atom. The lowest BCUT2D eigenvalue weighted by Crippen LogP contribution is -2.06. The summed E-state index contributed by atoms with van der Waals surface area (Å²) in [6.07, 6.45) is 1.72. The third kappa shape index (κ3) is 3.03. The van der Waals surface area contributed by atoms with E-state index in [-0.39, 0.29) is 9.92 Å². The third-order valence-corrected chi connectivity index (χ3v) is 4.29. The van der Waals surface area contributed by atoms with Gasteiger partial charge in [0.1, 0.15) is 0 Å². The highest BCUT2D eigenvalue weighted by Crippen LogP contribution is 2.36. The van der Waals surface area contributed by atoms with E-state index in [1.54, 1.807) is 19.4 Å². The second-order valence-corrected chi connectivity index (χ2v) is 5.44. The quantitative estimate of drug-likeness (QED) is 0.501. The molecule has 0 saturated heterocycles. The largest absolute Gasteiger partial charge is 0.383 e. The Kier molecular flexibility index (Phi) is 4.24. The molecule has 2 aromatic rings. The fourth-order valence-corrected chi connectivity index (χ4v) is 3.03. The molecular weight excluding hydrogens is 274 g/mol. The highest BCUT2D eigenvalue weighted by Gasteiger charge is 2.13. The van der Waals surface area contributed by atoms with Gasteiger partial charge in [0.2, 0.25) is 0 Å². The minimum Gasteiger partial charge on any atom is -0.383 e. The van der Waals surface area contributed by atoms with Crippen molar-refractivity contribution < 1.29 is 9.66 Å². The minimum atomic E-state index is -0.382. The molecule has 0 saturated carbocycles. The first-order chi connectivity index (χ1) is 8.70.